The molecule has 1 saturated heterocycles. The van der Waals surface area contributed by atoms with Gasteiger partial charge in [0.1, 0.15) is 5.82 Å². The molecule has 2 heterocycles. The minimum absolute atomic E-state index is 0.282. The quantitative estimate of drug-likeness (QED) is 0.888. The summed E-state index contributed by atoms with van der Waals surface area (Å²) in [7, 11) is 0. The van der Waals surface area contributed by atoms with Crippen molar-refractivity contribution in [1.29, 1.82) is 0 Å². The highest BCUT2D eigenvalue weighted by Crippen LogP contribution is 2.27. The van der Waals surface area contributed by atoms with E-state index in [0.717, 1.165) is 31.2 Å². The van der Waals surface area contributed by atoms with Crippen LogP contribution in [0.15, 0.2) is 18.3 Å². The van der Waals surface area contributed by atoms with Gasteiger partial charge in [0.15, 0.2) is 0 Å². The highest BCUT2D eigenvalue weighted by Gasteiger charge is 2.23. The zero-order chi connectivity index (χ0) is 17.6. The van der Waals surface area contributed by atoms with Crippen molar-refractivity contribution in [3.05, 3.63) is 23.9 Å². The van der Waals surface area contributed by atoms with Gasteiger partial charge in [-0.25, -0.2) is 4.98 Å². The molecular formula is C19H28N4O2. The van der Waals surface area contributed by atoms with Gasteiger partial charge in [-0.3, -0.25) is 9.59 Å². The molecule has 1 saturated carbocycles. The van der Waals surface area contributed by atoms with Crippen molar-refractivity contribution >= 4 is 17.6 Å². The van der Waals surface area contributed by atoms with Crippen LogP contribution in [0.25, 0.3) is 0 Å². The number of piperazine rings is 1. The number of anilines is 1. The Morgan fingerprint density at radius 2 is 1.84 bits per heavy atom. The smallest absolute Gasteiger partial charge is 0.248 e. The van der Waals surface area contributed by atoms with Crippen molar-refractivity contribution in [2.75, 3.05) is 31.1 Å². The molecule has 6 nitrogen and oxygen atoms in total. The van der Waals surface area contributed by atoms with Gasteiger partial charge in [0, 0.05) is 44.4 Å². The maximum absolute atomic E-state index is 12.5. The Kier molecular flexibility index (Phi) is 5.89. The molecule has 6 heteroatoms. The van der Waals surface area contributed by atoms with Crippen LogP contribution in [0.4, 0.5) is 5.82 Å². The first-order chi connectivity index (χ1) is 12.1. The molecule has 1 aromatic heterocycles. The van der Waals surface area contributed by atoms with Gasteiger partial charge >= 0.3 is 0 Å². The third kappa shape index (κ3) is 4.71. The summed E-state index contributed by atoms with van der Waals surface area (Å²) in [6.45, 7) is 2.91. The minimum Gasteiger partial charge on any atom is -0.366 e. The molecule has 2 fully saturated rings. The Balaban J connectivity index is 1.47. The molecule has 0 spiro atoms. The number of hydrogen-bond donors (Lipinski definition) is 1. The van der Waals surface area contributed by atoms with Crippen molar-refractivity contribution in [2.45, 2.75) is 44.9 Å². The molecule has 0 bridgehead atoms. The summed E-state index contributed by atoms with van der Waals surface area (Å²) in [6.07, 6.45) is 9.94. The summed E-state index contributed by atoms with van der Waals surface area (Å²) >= 11 is 0. The van der Waals surface area contributed by atoms with Crippen molar-refractivity contribution < 1.29 is 9.59 Å². The molecule has 136 valence electrons. The van der Waals surface area contributed by atoms with E-state index in [1.54, 1.807) is 18.3 Å². The molecule has 0 radical (unpaired) electrons. The number of primary amides is 1. The summed E-state index contributed by atoms with van der Waals surface area (Å²) in [4.78, 5) is 32.2. The van der Waals surface area contributed by atoms with E-state index in [1.165, 1.54) is 32.1 Å². The van der Waals surface area contributed by atoms with Gasteiger partial charge in [0.05, 0.1) is 0 Å². The SMILES string of the molecule is NC(=O)c1ccnc(N2CCN(C(=O)CCC3CCCCC3)CC2)c1. The average molecular weight is 344 g/mol. The minimum atomic E-state index is -0.444. The number of pyridine rings is 1. The van der Waals surface area contributed by atoms with Crippen LogP contribution in [-0.2, 0) is 4.79 Å². The average Bonchev–Trinajstić information content (AvgIpc) is 2.67. The van der Waals surface area contributed by atoms with E-state index in [9.17, 15) is 9.59 Å². The summed E-state index contributed by atoms with van der Waals surface area (Å²) in [5, 5.41) is 0. The maximum atomic E-state index is 12.5. The lowest BCUT2D eigenvalue weighted by molar-refractivity contribution is -0.131. The standard InChI is InChI=1S/C19H28N4O2/c20-19(25)16-8-9-21-17(14-16)22-10-12-23(13-11-22)18(24)7-6-15-4-2-1-3-5-15/h8-9,14-15H,1-7,10-13H2,(H2,20,25). The van der Waals surface area contributed by atoms with Gasteiger partial charge in [0.2, 0.25) is 11.8 Å². The van der Waals surface area contributed by atoms with Gasteiger partial charge in [-0.15, -0.1) is 0 Å². The zero-order valence-corrected chi connectivity index (χ0v) is 14.8. The number of carbonyl (C=O) groups excluding carboxylic acids is 2. The predicted molar refractivity (Wildman–Crippen MR) is 97.4 cm³/mol. The maximum Gasteiger partial charge on any atom is 0.248 e. The van der Waals surface area contributed by atoms with E-state index in [2.05, 4.69) is 9.88 Å². The van der Waals surface area contributed by atoms with Crippen LogP contribution >= 0.6 is 0 Å². The Labute approximate surface area is 149 Å². The molecule has 25 heavy (non-hydrogen) atoms. The van der Waals surface area contributed by atoms with Crippen molar-refractivity contribution in [1.82, 2.24) is 9.88 Å². The predicted octanol–water partition coefficient (Wildman–Crippen LogP) is 2.19. The molecule has 1 aliphatic carbocycles. The normalized spacial score (nSPS) is 19.0. The molecule has 3 rings (SSSR count). The molecule has 0 unspecified atom stereocenters. The van der Waals surface area contributed by atoms with E-state index in [-0.39, 0.29) is 5.91 Å². The highest BCUT2D eigenvalue weighted by atomic mass is 16.2. The van der Waals surface area contributed by atoms with Crippen LogP contribution in [0, 0.1) is 5.92 Å². The molecule has 2 N–H and O–H groups in total. The number of carbonyl (C=O) groups is 2. The lowest BCUT2D eigenvalue weighted by atomic mass is 9.86. The monoisotopic (exact) mass is 344 g/mol. The molecule has 2 amide bonds. The Morgan fingerprint density at radius 3 is 2.52 bits per heavy atom. The summed E-state index contributed by atoms with van der Waals surface area (Å²) in [5.41, 5.74) is 5.80. The lowest BCUT2D eigenvalue weighted by Gasteiger charge is -2.35. The van der Waals surface area contributed by atoms with Crippen molar-refractivity contribution in [3.8, 4) is 0 Å². The molecule has 0 atom stereocenters. The third-order valence-electron chi connectivity index (χ3n) is 5.48. The second-order valence-electron chi connectivity index (χ2n) is 7.18. The van der Waals surface area contributed by atoms with Crippen LogP contribution in [0.3, 0.4) is 0 Å². The first-order valence-corrected chi connectivity index (χ1v) is 9.42. The van der Waals surface area contributed by atoms with Gasteiger partial charge in [0.25, 0.3) is 0 Å². The fourth-order valence-electron chi connectivity index (χ4n) is 3.89. The second kappa shape index (κ2) is 8.32. The molecule has 1 aromatic rings. The van der Waals surface area contributed by atoms with E-state index >= 15 is 0 Å². The topological polar surface area (TPSA) is 79.5 Å². The third-order valence-corrected chi connectivity index (χ3v) is 5.48. The fourth-order valence-corrected chi connectivity index (χ4v) is 3.89. The van der Waals surface area contributed by atoms with Gasteiger partial charge in [-0.2, -0.15) is 0 Å². The van der Waals surface area contributed by atoms with Crippen LogP contribution in [0.5, 0.6) is 0 Å². The molecule has 0 aromatic carbocycles. The van der Waals surface area contributed by atoms with Crippen molar-refractivity contribution in [3.63, 3.8) is 0 Å². The number of amides is 2. The molecule has 2 aliphatic rings. The Hall–Kier alpha value is -2.11. The first kappa shape index (κ1) is 17.7. The number of hydrogen-bond acceptors (Lipinski definition) is 4. The fraction of sp³-hybridized carbons (Fsp3) is 0.632. The van der Waals surface area contributed by atoms with E-state index in [1.807, 2.05) is 4.90 Å². The van der Waals surface area contributed by atoms with E-state index in [0.29, 0.717) is 25.1 Å². The Morgan fingerprint density at radius 1 is 1.12 bits per heavy atom. The summed E-state index contributed by atoms with van der Waals surface area (Å²) in [5.74, 6) is 1.34. The number of aromatic nitrogens is 1. The zero-order valence-electron chi connectivity index (χ0n) is 14.8. The van der Waals surface area contributed by atoms with Crippen LogP contribution in [0.2, 0.25) is 0 Å². The van der Waals surface area contributed by atoms with E-state index < -0.39 is 5.91 Å². The van der Waals surface area contributed by atoms with Gasteiger partial charge in [-0.05, 0) is 24.5 Å². The number of rotatable bonds is 5. The van der Waals surface area contributed by atoms with Crippen LogP contribution in [0.1, 0.15) is 55.3 Å². The largest absolute Gasteiger partial charge is 0.366 e. The van der Waals surface area contributed by atoms with Gasteiger partial charge in [-0.1, -0.05) is 32.1 Å². The summed E-state index contributed by atoms with van der Waals surface area (Å²) in [6, 6.07) is 3.35. The number of nitrogens with zero attached hydrogens (tertiary/aromatic N) is 3. The number of nitrogens with two attached hydrogens (primary N) is 1. The Bertz CT molecular complexity index is 605. The van der Waals surface area contributed by atoms with Gasteiger partial charge < -0.3 is 15.5 Å². The first-order valence-electron chi connectivity index (χ1n) is 9.42. The second-order valence-corrected chi connectivity index (χ2v) is 7.18. The van der Waals surface area contributed by atoms with Crippen LogP contribution < -0.4 is 10.6 Å². The van der Waals surface area contributed by atoms with Crippen LogP contribution in [-0.4, -0.2) is 47.9 Å². The lowest BCUT2D eigenvalue weighted by Crippen LogP contribution is -2.49. The summed E-state index contributed by atoms with van der Waals surface area (Å²) < 4.78 is 0. The molecular weight excluding hydrogens is 316 g/mol. The van der Waals surface area contributed by atoms with Crippen molar-refractivity contribution in [2.24, 2.45) is 11.7 Å². The highest BCUT2D eigenvalue weighted by molar-refractivity contribution is 5.93. The van der Waals surface area contributed by atoms with E-state index in [4.69, 9.17) is 5.73 Å². The molecule has 1 aliphatic heterocycles.